The maximum Gasteiger partial charge on any atom is 0.227 e. The van der Waals surface area contributed by atoms with E-state index in [-0.39, 0.29) is 12.0 Å². The summed E-state index contributed by atoms with van der Waals surface area (Å²) < 4.78 is 0. The van der Waals surface area contributed by atoms with Crippen LogP contribution in [0.5, 0.6) is 0 Å². The number of likely N-dealkylation sites (tertiary alicyclic amines) is 1. The first kappa shape index (κ1) is 18.4. The number of hydrogen-bond acceptors (Lipinski definition) is 4. The molecule has 5 heteroatoms. The van der Waals surface area contributed by atoms with E-state index in [1.807, 2.05) is 17.9 Å². The number of amides is 1. The smallest absolute Gasteiger partial charge is 0.227 e. The van der Waals surface area contributed by atoms with E-state index in [0.717, 1.165) is 58.7 Å². The molecule has 0 spiro atoms. The molecule has 1 aromatic carbocycles. The van der Waals surface area contributed by atoms with Crippen LogP contribution in [-0.4, -0.2) is 77.6 Å². The van der Waals surface area contributed by atoms with Crippen LogP contribution in [0.15, 0.2) is 30.3 Å². The number of aliphatic hydroxyl groups is 1. The maximum absolute atomic E-state index is 12.9. The lowest BCUT2D eigenvalue weighted by atomic mass is 9.95. The summed E-state index contributed by atoms with van der Waals surface area (Å²) in [6, 6.07) is 10.5. The van der Waals surface area contributed by atoms with Gasteiger partial charge in [-0.15, -0.1) is 0 Å². The van der Waals surface area contributed by atoms with Gasteiger partial charge in [-0.1, -0.05) is 30.3 Å². The first-order valence-electron chi connectivity index (χ1n) is 9.57. The number of β-amino-alcohol motifs (C(OH)–C–C–N with tert-alkyl or cyclic N) is 1. The van der Waals surface area contributed by atoms with Gasteiger partial charge < -0.3 is 10.0 Å². The highest BCUT2D eigenvalue weighted by molar-refractivity contribution is 5.79. The summed E-state index contributed by atoms with van der Waals surface area (Å²) >= 11 is 0. The second kappa shape index (κ2) is 8.79. The predicted octanol–water partition coefficient (Wildman–Crippen LogP) is 1.42. The number of carbonyl (C=O) groups excluding carboxylic acids is 1. The zero-order valence-electron chi connectivity index (χ0n) is 15.3. The number of hydrogen-bond donors (Lipinski definition) is 1. The van der Waals surface area contributed by atoms with E-state index >= 15 is 0 Å². The van der Waals surface area contributed by atoms with E-state index in [2.05, 4.69) is 34.1 Å². The van der Waals surface area contributed by atoms with Crippen molar-refractivity contribution in [3.63, 3.8) is 0 Å². The first-order valence-corrected chi connectivity index (χ1v) is 9.57. The minimum absolute atomic E-state index is 0.140. The Morgan fingerprint density at radius 2 is 1.84 bits per heavy atom. The molecule has 2 fully saturated rings. The highest BCUT2D eigenvalue weighted by Crippen LogP contribution is 2.21. The molecule has 0 aromatic heterocycles. The van der Waals surface area contributed by atoms with Crippen LogP contribution in [0.1, 0.15) is 25.3 Å². The summed E-state index contributed by atoms with van der Waals surface area (Å²) in [4.78, 5) is 19.6. The molecule has 0 aliphatic carbocycles. The summed E-state index contributed by atoms with van der Waals surface area (Å²) in [7, 11) is 0. The largest absolute Gasteiger partial charge is 0.392 e. The van der Waals surface area contributed by atoms with Gasteiger partial charge in [0.15, 0.2) is 0 Å². The van der Waals surface area contributed by atoms with Crippen LogP contribution < -0.4 is 0 Å². The lowest BCUT2D eigenvalue weighted by Gasteiger charge is -2.39. The van der Waals surface area contributed by atoms with Gasteiger partial charge in [-0.25, -0.2) is 0 Å². The topological polar surface area (TPSA) is 47.0 Å². The highest BCUT2D eigenvalue weighted by atomic mass is 16.3. The summed E-state index contributed by atoms with van der Waals surface area (Å²) in [6.07, 6.45) is 1.82. The molecule has 2 saturated heterocycles. The fraction of sp³-hybridized carbons (Fsp3) is 0.650. The maximum atomic E-state index is 12.9. The molecule has 2 atom stereocenters. The lowest BCUT2D eigenvalue weighted by Crippen LogP contribution is -2.53. The molecular formula is C20H31N3O2. The molecule has 2 unspecified atom stereocenters. The van der Waals surface area contributed by atoms with E-state index in [9.17, 15) is 9.90 Å². The number of benzene rings is 1. The molecule has 0 radical (unpaired) electrons. The van der Waals surface area contributed by atoms with Crippen LogP contribution in [0, 0.1) is 5.92 Å². The SMILES string of the molecule is CC(O)CN1CCN(C(=O)C2CCCN(Cc3ccccc3)C2)CC1. The van der Waals surface area contributed by atoms with Crippen LogP contribution in [0.3, 0.4) is 0 Å². The minimum atomic E-state index is -0.299. The number of piperazine rings is 1. The Labute approximate surface area is 151 Å². The number of aliphatic hydroxyl groups excluding tert-OH is 1. The Morgan fingerprint density at radius 3 is 2.52 bits per heavy atom. The summed E-state index contributed by atoms with van der Waals surface area (Å²) in [5.41, 5.74) is 1.32. The van der Waals surface area contributed by atoms with E-state index in [0.29, 0.717) is 12.5 Å². The van der Waals surface area contributed by atoms with Crippen molar-refractivity contribution in [1.82, 2.24) is 14.7 Å². The normalized spacial score (nSPS) is 24.2. The Balaban J connectivity index is 1.49. The van der Waals surface area contributed by atoms with Gasteiger partial charge in [0.1, 0.15) is 0 Å². The van der Waals surface area contributed by atoms with Crippen molar-refractivity contribution in [2.24, 2.45) is 5.92 Å². The van der Waals surface area contributed by atoms with E-state index in [4.69, 9.17) is 0 Å². The van der Waals surface area contributed by atoms with Gasteiger partial charge in [-0.05, 0) is 31.9 Å². The molecule has 3 rings (SSSR count). The molecule has 1 amide bonds. The number of nitrogens with zero attached hydrogens (tertiary/aromatic N) is 3. The Hall–Kier alpha value is -1.43. The Kier molecular flexibility index (Phi) is 6.45. The quantitative estimate of drug-likeness (QED) is 0.877. The van der Waals surface area contributed by atoms with Crippen molar-refractivity contribution in [2.45, 2.75) is 32.4 Å². The van der Waals surface area contributed by atoms with Crippen LogP contribution >= 0.6 is 0 Å². The second-order valence-electron chi connectivity index (χ2n) is 7.53. The molecule has 1 N–H and O–H groups in total. The molecule has 25 heavy (non-hydrogen) atoms. The molecular weight excluding hydrogens is 314 g/mol. The van der Waals surface area contributed by atoms with E-state index in [1.54, 1.807) is 0 Å². The van der Waals surface area contributed by atoms with Gasteiger partial charge in [-0.3, -0.25) is 14.6 Å². The molecule has 138 valence electrons. The third-order valence-corrected chi connectivity index (χ3v) is 5.31. The van der Waals surface area contributed by atoms with Crippen molar-refractivity contribution < 1.29 is 9.90 Å². The van der Waals surface area contributed by atoms with Gasteiger partial charge in [0, 0.05) is 45.8 Å². The summed E-state index contributed by atoms with van der Waals surface area (Å²) in [6.45, 7) is 8.75. The fourth-order valence-corrected chi connectivity index (χ4v) is 4.03. The average Bonchev–Trinajstić information content (AvgIpc) is 2.62. The van der Waals surface area contributed by atoms with Gasteiger partial charge >= 0.3 is 0 Å². The van der Waals surface area contributed by atoms with Crippen molar-refractivity contribution in [3.05, 3.63) is 35.9 Å². The molecule has 5 nitrogen and oxygen atoms in total. The molecule has 2 aliphatic rings. The molecule has 1 aromatic rings. The lowest BCUT2D eigenvalue weighted by molar-refractivity contribution is -0.139. The van der Waals surface area contributed by atoms with Crippen LogP contribution in [-0.2, 0) is 11.3 Å². The monoisotopic (exact) mass is 345 g/mol. The predicted molar refractivity (Wildman–Crippen MR) is 99.1 cm³/mol. The number of piperidine rings is 1. The third kappa shape index (κ3) is 5.27. The fourth-order valence-electron chi connectivity index (χ4n) is 4.03. The van der Waals surface area contributed by atoms with Gasteiger partial charge in [0.05, 0.1) is 12.0 Å². The van der Waals surface area contributed by atoms with Gasteiger partial charge in [-0.2, -0.15) is 0 Å². The highest BCUT2D eigenvalue weighted by Gasteiger charge is 2.31. The van der Waals surface area contributed by atoms with Crippen LogP contribution in [0.2, 0.25) is 0 Å². The average molecular weight is 345 g/mol. The third-order valence-electron chi connectivity index (χ3n) is 5.31. The number of rotatable bonds is 5. The zero-order valence-corrected chi connectivity index (χ0v) is 15.3. The van der Waals surface area contributed by atoms with Crippen LogP contribution in [0.4, 0.5) is 0 Å². The van der Waals surface area contributed by atoms with Gasteiger partial charge in [0.25, 0.3) is 0 Å². The Bertz CT molecular complexity index is 541. The van der Waals surface area contributed by atoms with Crippen molar-refractivity contribution in [3.8, 4) is 0 Å². The van der Waals surface area contributed by atoms with Gasteiger partial charge in [0.2, 0.25) is 5.91 Å². The van der Waals surface area contributed by atoms with Crippen molar-refractivity contribution in [2.75, 3.05) is 45.8 Å². The summed E-state index contributed by atoms with van der Waals surface area (Å²) in [5.74, 6) is 0.468. The molecule has 0 saturated carbocycles. The zero-order chi connectivity index (χ0) is 17.6. The molecule has 2 heterocycles. The van der Waals surface area contributed by atoms with E-state index < -0.39 is 0 Å². The van der Waals surface area contributed by atoms with E-state index in [1.165, 1.54) is 5.56 Å². The molecule has 0 bridgehead atoms. The van der Waals surface area contributed by atoms with Crippen LogP contribution in [0.25, 0.3) is 0 Å². The minimum Gasteiger partial charge on any atom is -0.392 e. The second-order valence-corrected chi connectivity index (χ2v) is 7.53. The van der Waals surface area contributed by atoms with Crippen molar-refractivity contribution >= 4 is 5.91 Å². The Morgan fingerprint density at radius 1 is 1.12 bits per heavy atom. The standard InChI is InChI=1S/C20H31N3O2/c1-17(24)14-21-10-12-23(13-11-21)20(25)19-8-5-9-22(16-19)15-18-6-3-2-4-7-18/h2-4,6-7,17,19,24H,5,8-16H2,1H3. The molecule has 2 aliphatic heterocycles. The first-order chi connectivity index (χ1) is 12.1. The van der Waals surface area contributed by atoms with Crippen molar-refractivity contribution in [1.29, 1.82) is 0 Å². The summed E-state index contributed by atoms with van der Waals surface area (Å²) in [5, 5.41) is 9.51. The number of carbonyl (C=O) groups is 1.